The number of hydrogen-bond donors (Lipinski definition) is 2. The molecule has 0 unspecified atom stereocenters. The van der Waals surface area contributed by atoms with Crippen LogP contribution in [-0.2, 0) is 10.0 Å². The van der Waals surface area contributed by atoms with E-state index in [1.807, 2.05) is 31.2 Å². The summed E-state index contributed by atoms with van der Waals surface area (Å²) in [5, 5.41) is 7.33. The molecule has 0 saturated carbocycles. The van der Waals surface area contributed by atoms with Crippen LogP contribution in [0.25, 0.3) is 22.4 Å². The minimum Gasteiger partial charge on any atom is -0.335 e. The van der Waals surface area contributed by atoms with E-state index in [1.54, 1.807) is 38.1 Å². The Balaban J connectivity index is 1.74. The molecule has 2 N–H and O–H groups in total. The molecule has 2 aromatic heterocycles. The second-order valence-electron chi connectivity index (χ2n) is 7.73. The number of benzene rings is 2. The van der Waals surface area contributed by atoms with Crippen LogP contribution in [0.3, 0.4) is 0 Å². The molecule has 0 spiro atoms. The number of fused-ring (bicyclic) bond motifs is 1. The minimum atomic E-state index is -3.45. The summed E-state index contributed by atoms with van der Waals surface area (Å²) in [4.78, 5) is 17.8. The van der Waals surface area contributed by atoms with Gasteiger partial charge >= 0.3 is 0 Å². The second-order valence-corrected chi connectivity index (χ2v) is 9.48. The van der Waals surface area contributed by atoms with Gasteiger partial charge in [0.15, 0.2) is 0 Å². The quantitative estimate of drug-likeness (QED) is 0.465. The van der Waals surface area contributed by atoms with Crippen molar-refractivity contribution in [3.63, 3.8) is 0 Å². The van der Waals surface area contributed by atoms with Gasteiger partial charge in [-0.2, -0.15) is 0 Å². The number of rotatable bonds is 5. The Morgan fingerprint density at radius 3 is 2.41 bits per heavy atom. The second kappa shape index (κ2) is 8.08. The van der Waals surface area contributed by atoms with Crippen molar-refractivity contribution >= 4 is 38.4 Å². The number of carbonyl (C=O) groups excluding carboxylic acids is 1. The smallest absolute Gasteiger partial charge is 0.259 e. The van der Waals surface area contributed by atoms with Gasteiger partial charge in [0.2, 0.25) is 10.0 Å². The highest BCUT2D eigenvalue weighted by atomic mass is 32.2. The van der Waals surface area contributed by atoms with E-state index in [2.05, 4.69) is 20.2 Å². The molecule has 0 atom stereocenters. The molecular formula is C23H22N4O4S. The first-order chi connectivity index (χ1) is 15.1. The number of nitrogens with one attached hydrogen (secondary N) is 2. The molecule has 0 aliphatic carbocycles. The van der Waals surface area contributed by atoms with Crippen molar-refractivity contribution in [2.75, 3.05) is 16.3 Å². The number of aryl methyl sites for hydroxylation is 3. The first-order valence-electron chi connectivity index (χ1n) is 9.84. The lowest BCUT2D eigenvalue weighted by Crippen LogP contribution is -2.14. The number of nitrogens with zero attached hydrogens (tertiary/aromatic N) is 2. The lowest BCUT2D eigenvalue weighted by molar-refractivity contribution is 0.102. The third-order valence-electron chi connectivity index (χ3n) is 5.00. The van der Waals surface area contributed by atoms with E-state index in [-0.39, 0.29) is 11.6 Å². The highest BCUT2D eigenvalue weighted by Gasteiger charge is 2.20. The van der Waals surface area contributed by atoms with Crippen LogP contribution < -0.4 is 10.0 Å². The van der Waals surface area contributed by atoms with E-state index in [0.717, 1.165) is 22.9 Å². The fourth-order valence-corrected chi connectivity index (χ4v) is 3.97. The van der Waals surface area contributed by atoms with Gasteiger partial charge in [-0.25, -0.2) is 13.4 Å². The maximum atomic E-state index is 13.3. The molecule has 0 bridgehead atoms. The SMILES string of the molecule is Cc1ccc(-c2cc(C(=O)Nc3ccc(C)c(NS(C)(=O)=O)c3)c3c(C)noc3n2)cc1. The normalized spacial score (nSPS) is 11.5. The zero-order valence-corrected chi connectivity index (χ0v) is 18.9. The van der Waals surface area contributed by atoms with Crippen LogP contribution in [0.2, 0.25) is 0 Å². The molecule has 2 heterocycles. The molecule has 0 aliphatic rings. The van der Waals surface area contributed by atoms with Crippen LogP contribution in [-0.4, -0.2) is 30.7 Å². The van der Waals surface area contributed by atoms with Gasteiger partial charge < -0.3 is 9.84 Å². The lowest BCUT2D eigenvalue weighted by atomic mass is 10.0. The van der Waals surface area contributed by atoms with Crippen LogP contribution in [0.15, 0.2) is 53.1 Å². The van der Waals surface area contributed by atoms with Crippen molar-refractivity contribution in [1.29, 1.82) is 0 Å². The Labute approximate surface area is 185 Å². The molecule has 0 aliphatic heterocycles. The summed E-state index contributed by atoms with van der Waals surface area (Å²) in [7, 11) is -3.45. The number of anilines is 2. The zero-order valence-electron chi connectivity index (χ0n) is 18.1. The van der Waals surface area contributed by atoms with Gasteiger partial charge in [0.25, 0.3) is 11.6 Å². The van der Waals surface area contributed by atoms with Gasteiger partial charge in [-0.05, 0) is 44.5 Å². The number of amides is 1. The lowest BCUT2D eigenvalue weighted by Gasteiger charge is -2.12. The molecule has 8 nitrogen and oxygen atoms in total. The third kappa shape index (κ3) is 4.47. The van der Waals surface area contributed by atoms with Crippen LogP contribution >= 0.6 is 0 Å². The monoisotopic (exact) mass is 450 g/mol. The summed E-state index contributed by atoms with van der Waals surface area (Å²) in [5.41, 5.74) is 5.30. The standard InChI is InChI=1S/C23H22N4O4S/c1-13-5-8-16(9-6-13)20-12-18(21-15(3)26-31-23(21)25-20)22(28)24-17-10-7-14(2)19(11-17)27-32(4,29)30/h5-12,27H,1-4H3,(H,24,28). The maximum absolute atomic E-state index is 13.3. The van der Waals surface area contributed by atoms with Crippen LogP contribution in [0.4, 0.5) is 11.4 Å². The number of carbonyl (C=O) groups is 1. The third-order valence-corrected chi connectivity index (χ3v) is 5.59. The number of sulfonamides is 1. The summed E-state index contributed by atoms with van der Waals surface area (Å²) in [6.45, 7) is 5.52. The van der Waals surface area contributed by atoms with Gasteiger partial charge in [-0.1, -0.05) is 41.1 Å². The Hall–Kier alpha value is -3.72. The molecule has 4 aromatic rings. The van der Waals surface area contributed by atoms with Gasteiger partial charge in [0.05, 0.1) is 34.3 Å². The highest BCUT2D eigenvalue weighted by molar-refractivity contribution is 7.92. The summed E-state index contributed by atoms with van der Waals surface area (Å²) < 4.78 is 31.1. The number of aromatic nitrogens is 2. The fourth-order valence-electron chi connectivity index (χ4n) is 3.35. The molecule has 4 rings (SSSR count). The minimum absolute atomic E-state index is 0.272. The predicted octanol–water partition coefficient (Wildman–Crippen LogP) is 4.44. The summed E-state index contributed by atoms with van der Waals surface area (Å²) in [5.74, 6) is -0.383. The molecule has 9 heteroatoms. The van der Waals surface area contributed by atoms with Crippen LogP contribution in [0.5, 0.6) is 0 Å². The van der Waals surface area contributed by atoms with Crippen LogP contribution in [0.1, 0.15) is 27.2 Å². The molecule has 0 fully saturated rings. The fraction of sp³-hybridized carbons (Fsp3) is 0.174. The van der Waals surface area contributed by atoms with E-state index in [4.69, 9.17) is 4.52 Å². The molecule has 164 valence electrons. The highest BCUT2D eigenvalue weighted by Crippen LogP contribution is 2.28. The topological polar surface area (TPSA) is 114 Å². The van der Waals surface area contributed by atoms with E-state index in [1.165, 1.54) is 0 Å². The molecule has 2 aromatic carbocycles. The Bertz CT molecular complexity index is 1440. The van der Waals surface area contributed by atoms with Gasteiger partial charge in [-0.3, -0.25) is 9.52 Å². The first kappa shape index (κ1) is 21.5. The summed E-state index contributed by atoms with van der Waals surface area (Å²) >= 11 is 0. The largest absolute Gasteiger partial charge is 0.335 e. The zero-order chi connectivity index (χ0) is 23.0. The van der Waals surface area contributed by atoms with Crippen molar-refractivity contribution in [2.45, 2.75) is 20.8 Å². The first-order valence-corrected chi connectivity index (χ1v) is 11.7. The van der Waals surface area contributed by atoms with Gasteiger partial charge in [0.1, 0.15) is 0 Å². The van der Waals surface area contributed by atoms with Crippen molar-refractivity contribution in [3.8, 4) is 11.3 Å². The average Bonchev–Trinajstić information content (AvgIpc) is 3.10. The summed E-state index contributed by atoms with van der Waals surface area (Å²) in [6, 6.07) is 14.5. The molecule has 0 saturated heterocycles. The van der Waals surface area contributed by atoms with E-state index < -0.39 is 10.0 Å². The average molecular weight is 451 g/mol. The van der Waals surface area contributed by atoms with Crippen molar-refractivity contribution < 1.29 is 17.7 Å². The van der Waals surface area contributed by atoms with E-state index >= 15 is 0 Å². The number of pyridine rings is 1. The summed E-state index contributed by atoms with van der Waals surface area (Å²) in [6.07, 6.45) is 1.08. The Morgan fingerprint density at radius 2 is 1.72 bits per heavy atom. The predicted molar refractivity (Wildman–Crippen MR) is 124 cm³/mol. The molecule has 32 heavy (non-hydrogen) atoms. The van der Waals surface area contributed by atoms with Crippen molar-refractivity contribution in [3.05, 3.63) is 70.9 Å². The van der Waals surface area contributed by atoms with Gasteiger partial charge in [-0.15, -0.1) is 0 Å². The molecular weight excluding hydrogens is 428 g/mol. The Kier molecular flexibility index (Phi) is 5.43. The van der Waals surface area contributed by atoms with Crippen molar-refractivity contribution in [2.24, 2.45) is 0 Å². The molecule has 0 radical (unpaired) electrons. The van der Waals surface area contributed by atoms with E-state index in [9.17, 15) is 13.2 Å². The Morgan fingerprint density at radius 1 is 1.00 bits per heavy atom. The van der Waals surface area contributed by atoms with Crippen molar-refractivity contribution in [1.82, 2.24) is 10.1 Å². The maximum Gasteiger partial charge on any atom is 0.259 e. The number of hydrogen-bond acceptors (Lipinski definition) is 6. The van der Waals surface area contributed by atoms with Crippen LogP contribution in [0, 0.1) is 20.8 Å². The molecule has 1 amide bonds. The van der Waals surface area contributed by atoms with E-state index in [0.29, 0.717) is 33.7 Å². The van der Waals surface area contributed by atoms with Gasteiger partial charge in [0, 0.05) is 11.3 Å².